The molecule has 0 unspecified atom stereocenters. The first-order valence-electron chi connectivity index (χ1n) is 10.9. The maximum absolute atomic E-state index is 13.0. The topological polar surface area (TPSA) is 75.7 Å². The third kappa shape index (κ3) is 3.05. The summed E-state index contributed by atoms with van der Waals surface area (Å²) in [5.41, 5.74) is 0.556. The number of benzene rings is 2. The fourth-order valence-corrected chi connectivity index (χ4v) is 5.95. The molecule has 6 atom stereocenters. The van der Waals surface area contributed by atoms with Gasteiger partial charge in [0.2, 0.25) is 17.7 Å². The van der Waals surface area contributed by atoms with Crippen LogP contribution in [0.4, 0.5) is 5.69 Å². The van der Waals surface area contributed by atoms with Crippen LogP contribution in [0.25, 0.3) is 0 Å². The van der Waals surface area contributed by atoms with Crippen LogP contribution in [0.2, 0.25) is 5.02 Å². The van der Waals surface area contributed by atoms with Gasteiger partial charge in [-0.1, -0.05) is 35.9 Å². The van der Waals surface area contributed by atoms with E-state index in [1.54, 1.807) is 36.4 Å². The van der Waals surface area contributed by atoms with Gasteiger partial charge in [-0.3, -0.25) is 19.3 Å². The van der Waals surface area contributed by atoms with E-state index >= 15 is 0 Å². The highest BCUT2D eigenvalue weighted by molar-refractivity contribution is 6.32. The van der Waals surface area contributed by atoms with Crippen molar-refractivity contribution < 1.29 is 19.1 Å². The number of rotatable bonds is 5. The van der Waals surface area contributed by atoms with Gasteiger partial charge in [0.25, 0.3) is 0 Å². The van der Waals surface area contributed by atoms with Crippen molar-refractivity contribution in [2.45, 2.75) is 6.42 Å². The Balaban J connectivity index is 1.10. The van der Waals surface area contributed by atoms with Crippen molar-refractivity contribution in [2.75, 3.05) is 11.9 Å². The van der Waals surface area contributed by atoms with Gasteiger partial charge in [-0.2, -0.15) is 0 Å². The van der Waals surface area contributed by atoms with Gasteiger partial charge in [-0.25, -0.2) is 0 Å². The van der Waals surface area contributed by atoms with E-state index in [4.69, 9.17) is 16.3 Å². The van der Waals surface area contributed by atoms with Crippen LogP contribution >= 0.6 is 11.6 Å². The van der Waals surface area contributed by atoms with Gasteiger partial charge in [0.1, 0.15) is 18.0 Å². The molecule has 2 aromatic carbocycles. The van der Waals surface area contributed by atoms with Crippen molar-refractivity contribution in [3.05, 3.63) is 65.7 Å². The van der Waals surface area contributed by atoms with Crippen LogP contribution in [0.5, 0.6) is 11.5 Å². The van der Waals surface area contributed by atoms with E-state index in [-0.39, 0.29) is 42.0 Å². The number of imide groups is 1. The Morgan fingerprint density at radius 2 is 1.59 bits per heavy atom. The monoisotopic (exact) mass is 448 g/mol. The fraction of sp³-hybridized carbons (Fsp3) is 0.320. The van der Waals surface area contributed by atoms with Crippen LogP contribution in [-0.4, -0.2) is 29.2 Å². The van der Waals surface area contributed by atoms with Gasteiger partial charge < -0.3 is 10.1 Å². The molecule has 2 aromatic rings. The second-order valence-corrected chi connectivity index (χ2v) is 9.43. The number of nitrogens with one attached hydrogen (secondary N) is 1. The Morgan fingerprint density at radius 3 is 2.22 bits per heavy atom. The highest BCUT2D eigenvalue weighted by atomic mass is 35.5. The number of allylic oxidation sites excluding steroid dienone is 2. The van der Waals surface area contributed by atoms with Gasteiger partial charge in [0.15, 0.2) is 0 Å². The van der Waals surface area contributed by atoms with E-state index in [1.807, 2.05) is 12.1 Å². The molecule has 4 aliphatic carbocycles. The number of amides is 3. The number of ether oxygens (including phenoxy) is 1. The van der Waals surface area contributed by atoms with Crippen LogP contribution in [0.3, 0.4) is 0 Å². The first-order chi connectivity index (χ1) is 15.5. The van der Waals surface area contributed by atoms with Gasteiger partial charge in [-0.15, -0.1) is 0 Å². The fourth-order valence-electron chi connectivity index (χ4n) is 5.78. The molecule has 1 N–H and O–H groups in total. The molecule has 0 aromatic heterocycles. The molecule has 3 amide bonds. The third-order valence-corrected chi connectivity index (χ3v) is 7.57. The molecule has 1 heterocycles. The smallest absolute Gasteiger partial charge is 0.244 e. The van der Waals surface area contributed by atoms with E-state index in [2.05, 4.69) is 17.5 Å². The summed E-state index contributed by atoms with van der Waals surface area (Å²) in [5.74, 6) is 1.18. The maximum Gasteiger partial charge on any atom is 0.244 e. The number of hydrogen-bond acceptors (Lipinski definition) is 4. The zero-order valence-corrected chi connectivity index (χ0v) is 17.9. The summed E-state index contributed by atoms with van der Waals surface area (Å²) in [7, 11) is 0. The summed E-state index contributed by atoms with van der Waals surface area (Å²) in [4.78, 5) is 39.8. The Kier molecular flexibility index (Phi) is 4.40. The molecule has 162 valence electrons. The number of anilines is 1. The van der Waals surface area contributed by atoms with Crippen molar-refractivity contribution in [1.29, 1.82) is 0 Å². The predicted octanol–water partition coefficient (Wildman–Crippen LogP) is 4.12. The highest BCUT2D eigenvalue weighted by Gasteiger charge is 2.67. The quantitative estimate of drug-likeness (QED) is 0.551. The van der Waals surface area contributed by atoms with Gasteiger partial charge in [0.05, 0.1) is 16.9 Å². The molecule has 7 rings (SSSR count). The van der Waals surface area contributed by atoms with E-state index in [0.717, 1.165) is 11.3 Å². The zero-order valence-electron chi connectivity index (χ0n) is 17.1. The summed E-state index contributed by atoms with van der Waals surface area (Å²) in [6.45, 7) is -0.253. The largest absolute Gasteiger partial charge is 0.456 e. The Hall–Kier alpha value is -3.12. The second kappa shape index (κ2) is 7.20. The summed E-state index contributed by atoms with van der Waals surface area (Å²) in [5, 5.41) is 3.27. The van der Waals surface area contributed by atoms with Crippen molar-refractivity contribution in [3.63, 3.8) is 0 Å². The first kappa shape index (κ1) is 19.6. The SMILES string of the molecule is O=C(CN1C(=O)[C@@H]2[C@@H]3C=C[C@@H]([C@@H]4C[C@H]34)[C@@H]2C1=O)Nc1ccc(Oc2ccccc2Cl)cc1. The number of carbonyl (C=O) groups is 3. The van der Waals surface area contributed by atoms with Crippen molar-refractivity contribution >= 4 is 35.0 Å². The van der Waals surface area contributed by atoms with Gasteiger partial charge >= 0.3 is 0 Å². The Labute approximate surface area is 190 Å². The predicted molar refractivity (Wildman–Crippen MR) is 118 cm³/mol. The van der Waals surface area contributed by atoms with E-state index in [0.29, 0.717) is 34.0 Å². The molecule has 1 saturated heterocycles. The summed E-state index contributed by atoms with van der Waals surface area (Å²) < 4.78 is 5.75. The highest BCUT2D eigenvalue weighted by Crippen LogP contribution is 2.65. The summed E-state index contributed by atoms with van der Waals surface area (Å²) in [6, 6.07) is 14.0. The molecular formula is C25H21ClN2O4. The molecule has 0 radical (unpaired) electrons. The molecule has 2 bridgehead atoms. The van der Waals surface area contributed by atoms with E-state index in [1.165, 1.54) is 0 Å². The van der Waals surface area contributed by atoms with Crippen molar-refractivity contribution in [2.24, 2.45) is 35.5 Å². The molecule has 6 nitrogen and oxygen atoms in total. The normalized spacial score (nSPS) is 31.3. The minimum absolute atomic E-state index is 0.158. The molecule has 3 fully saturated rings. The van der Waals surface area contributed by atoms with Crippen LogP contribution < -0.4 is 10.1 Å². The van der Waals surface area contributed by atoms with Crippen LogP contribution in [0.15, 0.2) is 60.7 Å². The minimum atomic E-state index is -0.393. The lowest BCUT2D eigenvalue weighted by molar-refractivity contribution is -0.142. The summed E-state index contributed by atoms with van der Waals surface area (Å²) in [6.07, 6.45) is 5.37. The third-order valence-electron chi connectivity index (χ3n) is 7.26. The number of hydrogen-bond donors (Lipinski definition) is 1. The average Bonchev–Trinajstić information content (AvgIpc) is 3.58. The van der Waals surface area contributed by atoms with E-state index < -0.39 is 5.91 Å². The number of para-hydroxylation sites is 1. The van der Waals surface area contributed by atoms with Crippen molar-refractivity contribution in [3.8, 4) is 11.5 Å². The van der Waals surface area contributed by atoms with Gasteiger partial charge in [-0.05, 0) is 66.5 Å². The Bertz CT molecular complexity index is 1120. The van der Waals surface area contributed by atoms with Crippen molar-refractivity contribution in [1.82, 2.24) is 4.90 Å². The molecule has 5 aliphatic rings. The second-order valence-electron chi connectivity index (χ2n) is 9.02. The lowest BCUT2D eigenvalue weighted by Gasteiger charge is -2.37. The molecule has 32 heavy (non-hydrogen) atoms. The molecule has 2 saturated carbocycles. The minimum Gasteiger partial charge on any atom is -0.456 e. The molecule has 7 heteroatoms. The lowest BCUT2D eigenvalue weighted by atomic mass is 9.63. The maximum atomic E-state index is 13.0. The average molecular weight is 449 g/mol. The molecule has 1 aliphatic heterocycles. The Morgan fingerprint density at radius 1 is 0.969 bits per heavy atom. The van der Waals surface area contributed by atoms with E-state index in [9.17, 15) is 14.4 Å². The number of nitrogens with zero attached hydrogens (tertiary/aromatic N) is 1. The first-order valence-corrected chi connectivity index (χ1v) is 11.2. The summed E-state index contributed by atoms with van der Waals surface area (Å²) >= 11 is 6.11. The number of halogens is 1. The van der Waals surface area contributed by atoms with Crippen LogP contribution in [-0.2, 0) is 14.4 Å². The van der Waals surface area contributed by atoms with Crippen LogP contribution in [0, 0.1) is 35.5 Å². The number of likely N-dealkylation sites (tertiary alicyclic amines) is 1. The number of carbonyl (C=O) groups excluding carboxylic acids is 3. The molecule has 0 spiro atoms. The zero-order chi connectivity index (χ0) is 22.0. The van der Waals surface area contributed by atoms with Gasteiger partial charge in [0, 0.05) is 5.69 Å². The standard InChI is InChI=1S/C25H21ClN2O4/c26-19-3-1-2-4-20(19)32-14-7-5-13(6-8-14)27-21(29)12-28-24(30)22-15-9-10-16(18-11-17(15)18)23(22)25(28)31/h1-10,15-18,22-23H,11-12H2,(H,27,29)/t15-,16+,17-,18+,22-,23+. The molecular weight excluding hydrogens is 428 g/mol. The van der Waals surface area contributed by atoms with Crippen LogP contribution in [0.1, 0.15) is 6.42 Å². The lowest BCUT2D eigenvalue weighted by Crippen LogP contribution is -2.40.